The molecule has 1 amide bonds. The monoisotopic (exact) mass is 483 g/mol. The molecule has 8 heteroatoms. The van der Waals surface area contributed by atoms with Crippen LogP contribution in [0.3, 0.4) is 0 Å². The Kier molecular flexibility index (Phi) is 6.45. The minimum atomic E-state index is -0.798. The average Bonchev–Trinajstić information content (AvgIpc) is 2.93. The maximum absolute atomic E-state index is 12.8. The molecule has 1 aliphatic heterocycles. The lowest BCUT2D eigenvalue weighted by molar-refractivity contribution is -0.140. The van der Waals surface area contributed by atoms with E-state index in [2.05, 4.69) is 15.9 Å². The fourth-order valence-electron chi connectivity index (χ4n) is 3.09. The Morgan fingerprint density at radius 1 is 1.14 bits per heavy atom. The Morgan fingerprint density at radius 2 is 1.82 bits per heavy atom. The molecule has 1 atom stereocenters. The molecule has 0 saturated carbocycles. The van der Waals surface area contributed by atoms with Crippen molar-refractivity contribution in [3.05, 3.63) is 73.7 Å². The van der Waals surface area contributed by atoms with Gasteiger partial charge in [0.15, 0.2) is 0 Å². The first-order chi connectivity index (χ1) is 13.3. The normalized spacial score (nSPS) is 18.7. The van der Waals surface area contributed by atoms with Crippen LogP contribution in [0.25, 0.3) is 5.76 Å². The van der Waals surface area contributed by atoms with Crippen molar-refractivity contribution in [1.82, 2.24) is 4.90 Å². The molecule has 1 unspecified atom stereocenters. The molecule has 0 spiro atoms. The molecule has 0 radical (unpaired) electrons. The maximum Gasteiger partial charge on any atom is 0.295 e. The zero-order chi connectivity index (χ0) is 20.4. The van der Waals surface area contributed by atoms with Crippen LogP contribution in [0.2, 0.25) is 10.0 Å². The average molecular weight is 485 g/mol. The van der Waals surface area contributed by atoms with E-state index in [1.54, 1.807) is 42.5 Å². The van der Waals surface area contributed by atoms with Crippen LogP contribution in [-0.4, -0.2) is 42.0 Å². The van der Waals surface area contributed by atoms with Gasteiger partial charge in [0.2, 0.25) is 0 Å². The number of carbonyl (C=O) groups excluding carboxylic acids is 2. The molecule has 2 aromatic carbocycles. The highest BCUT2D eigenvalue weighted by Crippen LogP contribution is 2.40. The van der Waals surface area contributed by atoms with Gasteiger partial charge in [-0.25, -0.2) is 0 Å². The molecule has 5 nitrogen and oxygen atoms in total. The van der Waals surface area contributed by atoms with Gasteiger partial charge in [0.05, 0.1) is 28.3 Å². The van der Waals surface area contributed by atoms with E-state index >= 15 is 0 Å². The molecule has 1 N–H and O–H groups in total. The van der Waals surface area contributed by atoms with Gasteiger partial charge in [0.1, 0.15) is 5.76 Å². The Hall–Kier alpha value is -1.86. The topological polar surface area (TPSA) is 66.8 Å². The number of hydrogen-bond donors (Lipinski definition) is 1. The third-order valence-corrected chi connectivity index (χ3v) is 5.72. The first kappa shape index (κ1) is 20.9. The van der Waals surface area contributed by atoms with Gasteiger partial charge >= 0.3 is 0 Å². The number of methoxy groups -OCH3 is 1. The Labute approximate surface area is 180 Å². The second-order valence-electron chi connectivity index (χ2n) is 6.17. The second-order valence-corrected chi connectivity index (χ2v) is 7.90. The number of benzene rings is 2. The number of aliphatic hydroxyl groups excluding tert-OH is 1. The number of Topliss-reactive ketones (excluding diaryl/α,β-unsaturated/α-hetero) is 1. The van der Waals surface area contributed by atoms with Gasteiger partial charge in [-0.05, 0) is 29.8 Å². The fraction of sp³-hybridized carbons (Fsp3) is 0.200. The van der Waals surface area contributed by atoms with Crippen molar-refractivity contribution < 1.29 is 19.4 Å². The fourth-order valence-corrected chi connectivity index (χ4v) is 3.66. The summed E-state index contributed by atoms with van der Waals surface area (Å²) in [7, 11) is 1.51. The summed E-state index contributed by atoms with van der Waals surface area (Å²) in [6, 6.07) is 10.9. The predicted octanol–water partition coefficient (Wildman–Crippen LogP) is 4.82. The van der Waals surface area contributed by atoms with Crippen molar-refractivity contribution in [3.63, 3.8) is 0 Å². The summed E-state index contributed by atoms with van der Waals surface area (Å²) in [6.07, 6.45) is 0. The van der Waals surface area contributed by atoms with Crippen molar-refractivity contribution >= 4 is 56.6 Å². The number of carbonyl (C=O) groups is 2. The first-order valence-corrected chi connectivity index (χ1v) is 9.88. The first-order valence-electron chi connectivity index (χ1n) is 8.33. The highest BCUT2D eigenvalue weighted by molar-refractivity contribution is 9.10. The molecule has 146 valence electrons. The molecular formula is C20H16BrCl2NO4. The number of amides is 1. The number of ether oxygens (including phenoxy) is 1. The summed E-state index contributed by atoms with van der Waals surface area (Å²) in [5, 5.41) is 11.5. The number of rotatable bonds is 5. The summed E-state index contributed by atoms with van der Waals surface area (Å²) in [5.74, 6) is -1.71. The molecule has 1 aliphatic rings. The van der Waals surface area contributed by atoms with Crippen LogP contribution >= 0.6 is 39.1 Å². The minimum Gasteiger partial charge on any atom is -0.507 e. The highest BCUT2D eigenvalue weighted by Gasteiger charge is 2.46. The molecule has 1 saturated heterocycles. The SMILES string of the molecule is COCCN1C(=O)C(=O)/C(=C(\O)c2ccc(Br)cc2)C1c1ccc(Cl)c(Cl)c1. The van der Waals surface area contributed by atoms with Crippen LogP contribution in [0.4, 0.5) is 0 Å². The quantitative estimate of drug-likeness (QED) is 0.375. The zero-order valence-electron chi connectivity index (χ0n) is 14.8. The van der Waals surface area contributed by atoms with Crippen molar-refractivity contribution in [3.8, 4) is 0 Å². The van der Waals surface area contributed by atoms with Crippen LogP contribution in [0.15, 0.2) is 52.5 Å². The van der Waals surface area contributed by atoms with Crippen LogP contribution in [0, 0.1) is 0 Å². The zero-order valence-corrected chi connectivity index (χ0v) is 17.9. The van der Waals surface area contributed by atoms with Crippen molar-refractivity contribution in [1.29, 1.82) is 0 Å². The van der Waals surface area contributed by atoms with E-state index in [0.29, 0.717) is 21.2 Å². The standard InChI is InChI=1S/C20H16BrCl2NO4/c1-28-9-8-24-17(12-4-7-14(22)15(23)10-12)16(19(26)20(24)27)18(25)11-2-5-13(21)6-3-11/h2-7,10,17,25H,8-9H2,1H3/b18-16-. The van der Waals surface area contributed by atoms with E-state index in [4.69, 9.17) is 27.9 Å². The number of nitrogens with zero attached hydrogens (tertiary/aromatic N) is 1. The summed E-state index contributed by atoms with van der Waals surface area (Å²) in [6.45, 7) is 0.423. The number of ketones is 1. The maximum atomic E-state index is 12.8. The predicted molar refractivity (Wildman–Crippen MR) is 111 cm³/mol. The van der Waals surface area contributed by atoms with Gasteiger partial charge in [-0.3, -0.25) is 9.59 Å². The lowest BCUT2D eigenvalue weighted by Crippen LogP contribution is -2.32. The molecule has 28 heavy (non-hydrogen) atoms. The summed E-state index contributed by atoms with van der Waals surface area (Å²) in [5.41, 5.74) is 1.00. The number of likely N-dealkylation sites (tertiary alicyclic amines) is 1. The van der Waals surface area contributed by atoms with Crippen molar-refractivity contribution in [2.75, 3.05) is 20.3 Å². The van der Waals surface area contributed by atoms with Gasteiger partial charge < -0.3 is 14.7 Å². The van der Waals surface area contributed by atoms with Crippen LogP contribution in [0.5, 0.6) is 0 Å². The summed E-state index contributed by atoms with van der Waals surface area (Å²) in [4.78, 5) is 26.8. The molecule has 0 bridgehead atoms. The largest absolute Gasteiger partial charge is 0.507 e. The van der Waals surface area contributed by atoms with Gasteiger partial charge in [-0.2, -0.15) is 0 Å². The third-order valence-electron chi connectivity index (χ3n) is 4.45. The molecule has 2 aromatic rings. The van der Waals surface area contributed by atoms with Crippen molar-refractivity contribution in [2.45, 2.75) is 6.04 Å². The second kappa shape index (κ2) is 8.66. The molecule has 3 rings (SSSR count). The number of aliphatic hydroxyl groups is 1. The van der Waals surface area contributed by atoms with Gasteiger partial charge in [-0.15, -0.1) is 0 Å². The molecule has 0 aliphatic carbocycles. The number of halogens is 3. The molecule has 1 fully saturated rings. The lowest BCUT2D eigenvalue weighted by Gasteiger charge is -2.25. The third kappa shape index (κ3) is 3.96. The smallest absolute Gasteiger partial charge is 0.295 e. The highest BCUT2D eigenvalue weighted by atomic mass is 79.9. The van der Waals surface area contributed by atoms with Crippen LogP contribution in [0.1, 0.15) is 17.2 Å². The van der Waals surface area contributed by atoms with E-state index in [-0.39, 0.29) is 24.5 Å². The summed E-state index contributed by atoms with van der Waals surface area (Å²) >= 11 is 15.5. The van der Waals surface area contributed by atoms with E-state index in [1.807, 2.05) is 0 Å². The Bertz CT molecular complexity index is 959. The minimum absolute atomic E-state index is 0.00168. The Morgan fingerprint density at radius 3 is 2.43 bits per heavy atom. The lowest BCUT2D eigenvalue weighted by atomic mass is 9.95. The summed E-state index contributed by atoms with van der Waals surface area (Å²) < 4.78 is 5.90. The Balaban J connectivity index is 2.17. The number of hydrogen-bond acceptors (Lipinski definition) is 4. The molecular weight excluding hydrogens is 469 g/mol. The van der Waals surface area contributed by atoms with E-state index < -0.39 is 17.7 Å². The van der Waals surface area contributed by atoms with E-state index in [1.165, 1.54) is 12.0 Å². The van der Waals surface area contributed by atoms with Crippen LogP contribution < -0.4 is 0 Å². The molecule has 1 heterocycles. The van der Waals surface area contributed by atoms with Gasteiger partial charge in [0, 0.05) is 23.7 Å². The van der Waals surface area contributed by atoms with Crippen LogP contribution in [-0.2, 0) is 14.3 Å². The van der Waals surface area contributed by atoms with E-state index in [0.717, 1.165) is 4.47 Å². The van der Waals surface area contributed by atoms with Crippen molar-refractivity contribution in [2.24, 2.45) is 0 Å². The van der Waals surface area contributed by atoms with Gasteiger partial charge in [0.25, 0.3) is 11.7 Å². The molecule has 0 aromatic heterocycles. The van der Waals surface area contributed by atoms with Gasteiger partial charge in [-0.1, -0.05) is 57.3 Å². The van der Waals surface area contributed by atoms with E-state index in [9.17, 15) is 14.7 Å².